The first kappa shape index (κ1) is 57.9. The zero-order valence-corrected chi connectivity index (χ0v) is 20.9. The average molecular weight is 852 g/mol. The molecule has 18 nitrogen and oxygen atoms in total. The Morgan fingerprint density at radius 3 is 0.333 bits per heavy atom. The minimum absolute atomic E-state index is 0. The van der Waals surface area contributed by atoms with E-state index in [1.54, 1.807) is 0 Å². The van der Waals surface area contributed by atoms with Crippen LogP contribution in [0.3, 0.4) is 0 Å². The molecule has 0 aromatic rings. The Hall–Kier alpha value is 0.385. The van der Waals surface area contributed by atoms with Crippen molar-refractivity contribution < 1.29 is 93.2 Å². The van der Waals surface area contributed by atoms with Crippen LogP contribution >= 0.6 is 0 Å². The molecule has 0 spiro atoms. The summed E-state index contributed by atoms with van der Waals surface area (Å²) in [5, 5.41) is 0. The molecule has 0 unspecified atom stereocenters. The fraction of sp³-hybridized carbons (Fsp3) is 0. The summed E-state index contributed by atoms with van der Waals surface area (Å²) in [4.78, 5) is 0. The second-order valence-corrected chi connectivity index (χ2v) is 10.0. The summed E-state index contributed by atoms with van der Waals surface area (Å²) < 4.78 is 104. The fourth-order valence-corrected chi connectivity index (χ4v) is 0. The fourth-order valence-electron chi connectivity index (χ4n) is 0. The number of rotatable bonds is 0. The van der Waals surface area contributed by atoms with Gasteiger partial charge in [-0.1, -0.05) is 0 Å². The molecular weight excluding hydrogens is 828 g/mol. The van der Waals surface area contributed by atoms with Crippen molar-refractivity contribution in [3.63, 3.8) is 0 Å². The maximum atomic E-state index is 8.65. The molecule has 0 aromatic heterocycles. The van der Waals surface area contributed by atoms with Gasteiger partial charge < -0.3 is 36.9 Å². The zero-order chi connectivity index (χ0) is 13.5. The molecule has 144 valence electrons. The van der Waals surface area contributed by atoms with Crippen LogP contribution in [0.2, 0.25) is 0 Å². The normalized spacial score (nSPS) is 8.29. The molecule has 0 amide bonds. The van der Waals surface area contributed by atoms with Crippen LogP contribution in [0, 0.1) is 0 Å². The van der Waals surface area contributed by atoms with Crippen LogP contribution in [0.1, 0.15) is 0 Å². The average Bonchev–Trinajstić information content (AvgIpc) is 1.41. The first-order valence-corrected chi connectivity index (χ1v) is 16.4. The van der Waals surface area contributed by atoms with Gasteiger partial charge in [-0.05, 0) is 0 Å². The van der Waals surface area contributed by atoms with Crippen molar-refractivity contribution in [1.82, 2.24) is 36.9 Å². The van der Waals surface area contributed by atoms with Crippen molar-refractivity contribution in [3.05, 3.63) is 0 Å². The third-order valence-corrected chi connectivity index (χ3v) is 0. The van der Waals surface area contributed by atoms with Crippen LogP contribution in [-0.2, 0) is 70.6 Å². The monoisotopic (exact) mass is 852 g/mol. The van der Waals surface area contributed by atoms with Gasteiger partial charge in [0, 0.05) is 0 Å². The van der Waals surface area contributed by atoms with E-state index in [4.69, 9.17) is 42.9 Å². The van der Waals surface area contributed by atoms with Crippen LogP contribution in [0.4, 0.5) is 0 Å². The third-order valence-electron chi connectivity index (χ3n) is 0. The van der Waals surface area contributed by atoms with Gasteiger partial charge in [0.2, 0.25) is 0 Å². The predicted molar refractivity (Wildman–Crippen MR) is 40.0 cm³/mol. The molecule has 0 bridgehead atoms. The van der Waals surface area contributed by atoms with E-state index in [1.807, 2.05) is 0 Å². The molecule has 0 aliphatic rings. The summed E-state index contributed by atoms with van der Waals surface area (Å²) in [5.74, 6) is 0. The van der Waals surface area contributed by atoms with Crippen LogP contribution in [0.5, 0.6) is 0 Å². The van der Waals surface area contributed by atoms with Gasteiger partial charge in [-0.15, -0.1) is 0 Å². The Morgan fingerprint density at radius 1 is 0.333 bits per heavy atom. The van der Waals surface area contributed by atoms with Crippen molar-refractivity contribution in [2.45, 2.75) is 0 Å². The quantitative estimate of drug-likeness (QED) is 0.133. The van der Waals surface area contributed by atoms with Crippen LogP contribution in [-0.4, -0.2) is 0 Å². The maximum absolute atomic E-state index is 8.65. The van der Waals surface area contributed by atoms with Crippen LogP contribution < -0.4 is 59.5 Å². The Kier molecular flexibility index (Phi) is 62.5. The molecule has 0 aromatic carbocycles. The molecule has 21 heteroatoms. The molecule has 0 saturated carbocycles. The van der Waals surface area contributed by atoms with Gasteiger partial charge in [0.25, 0.3) is 0 Å². The first-order chi connectivity index (χ1) is 6.00. The van der Waals surface area contributed by atoms with Gasteiger partial charge >= 0.3 is 93.2 Å². The zero-order valence-electron chi connectivity index (χ0n) is 12.1. The van der Waals surface area contributed by atoms with Crippen molar-refractivity contribution in [1.29, 1.82) is 0 Å². The first-order valence-electron chi connectivity index (χ1n) is 2.00. The summed E-state index contributed by atoms with van der Waals surface area (Å²) in [6.45, 7) is 0. The van der Waals surface area contributed by atoms with Crippen molar-refractivity contribution >= 4 is 0 Å². The van der Waals surface area contributed by atoms with Gasteiger partial charge in [0.05, 0.1) is 0 Å². The molecular formula is H24N6O12W3. The molecule has 0 atom stereocenters. The SMILES string of the molecule is [NH4+].[NH4+].[NH4+].[NH4+].[NH4+].[NH4+].[O]=[W](=[O])([O-])[O-].[O]=[W](=[O])([O-])[O-].[O]=[W](=[O])([O-])[O-]. The van der Waals surface area contributed by atoms with E-state index in [1.165, 1.54) is 0 Å². The predicted octanol–water partition coefficient (Wildman–Crippen LogP) is -5.60. The van der Waals surface area contributed by atoms with Gasteiger partial charge in [-0.2, -0.15) is 0 Å². The third kappa shape index (κ3) is 46500. The summed E-state index contributed by atoms with van der Waals surface area (Å²) in [5.41, 5.74) is 0. The molecule has 21 heavy (non-hydrogen) atoms. The molecule has 0 aliphatic carbocycles. The number of quaternary nitrogens is 6. The van der Waals surface area contributed by atoms with Crippen LogP contribution in [0.25, 0.3) is 0 Å². The summed E-state index contributed by atoms with van der Waals surface area (Å²) in [7, 11) is 0. The van der Waals surface area contributed by atoms with E-state index in [0.717, 1.165) is 0 Å². The van der Waals surface area contributed by atoms with Gasteiger partial charge in [0.1, 0.15) is 0 Å². The van der Waals surface area contributed by atoms with Crippen LogP contribution in [0.15, 0.2) is 0 Å². The van der Waals surface area contributed by atoms with E-state index in [9.17, 15) is 0 Å². The van der Waals surface area contributed by atoms with E-state index >= 15 is 0 Å². The molecule has 0 heterocycles. The van der Waals surface area contributed by atoms with Gasteiger partial charge in [-0.25, -0.2) is 0 Å². The van der Waals surface area contributed by atoms with E-state index in [0.29, 0.717) is 0 Å². The molecule has 0 aliphatic heterocycles. The second kappa shape index (κ2) is 22.7. The van der Waals surface area contributed by atoms with E-state index < -0.39 is 50.2 Å². The molecule has 0 radical (unpaired) electrons. The Labute approximate surface area is 129 Å². The Bertz CT molecular complexity index is 350. The Balaban J connectivity index is -0.0000000129. The van der Waals surface area contributed by atoms with Crippen molar-refractivity contribution in [3.8, 4) is 0 Å². The molecule has 0 rings (SSSR count). The minimum atomic E-state index is -6.17. The molecule has 24 N–H and O–H groups in total. The van der Waals surface area contributed by atoms with E-state index in [2.05, 4.69) is 0 Å². The standard InChI is InChI=1S/6H3N.12O.3W/h6*1H3;;;;;;;;;;;;;;;/q;;;;;;;;;;;;6*-1;;;/p+6. The number of hydrogen-bond donors (Lipinski definition) is 6. The van der Waals surface area contributed by atoms with Gasteiger partial charge in [0.15, 0.2) is 0 Å². The summed E-state index contributed by atoms with van der Waals surface area (Å²) in [6.07, 6.45) is 0. The summed E-state index contributed by atoms with van der Waals surface area (Å²) >= 11 is -18.5. The number of hydrogen-bond acceptors (Lipinski definition) is 12. The van der Waals surface area contributed by atoms with Crippen molar-refractivity contribution in [2.24, 2.45) is 0 Å². The van der Waals surface area contributed by atoms with Crippen molar-refractivity contribution in [2.75, 3.05) is 0 Å². The Morgan fingerprint density at radius 2 is 0.333 bits per heavy atom. The van der Waals surface area contributed by atoms with E-state index in [-0.39, 0.29) is 36.9 Å². The van der Waals surface area contributed by atoms with Gasteiger partial charge in [-0.3, -0.25) is 0 Å². The topological polar surface area (TPSA) is 460 Å². The molecule has 0 saturated heterocycles. The molecule has 0 fully saturated rings. The summed E-state index contributed by atoms with van der Waals surface area (Å²) in [6, 6.07) is 0. The second-order valence-electron chi connectivity index (χ2n) is 1.22.